The molecule has 3 rings (SSSR count). The van der Waals surface area contributed by atoms with E-state index in [1.54, 1.807) is 36.4 Å². The number of aromatic nitrogens is 1. The van der Waals surface area contributed by atoms with E-state index in [1.165, 1.54) is 6.20 Å². The van der Waals surface area contributed by atoms with Crippen LogP contribution in [-0.4, -0.2) is 22.8 Å². The van der Waals surface area contributed by atoms with Crippen molar-refractivity contribution in [1.29, 1.82) is 0 Å². The van der Waals surface area contributed by atoms with Gasteiger partial charge in [-0.1, -0.05) is 11.6 Å². The molecule has 2 amide bonds. The molecule has 1 aliphatic rings. The minimum absolute atomic E-state index is 0.0812. The Morgan fingerprint density at radius 1 is 1.00 bits per heavy atom. The summed E-state index contributed by atoms with van der Waals surface area (Å²) in [5, 5.41) is 5.99. The smallest absolute Gasteiger partial charge is 0.257 e. The second-order valence-electron chi connectivity index (χ2n) is 5.15. The summed E-state index contributed by atoms with van der Waals surface area (Å²) in [4.78, 5) is 27.8. The standard InChI is InChI=1S/C16H14ClN3O2/c17-14-8-3-11(9-18-14)16(22)20-12-4-1-10(2-5-12)15(21)19-13-6-7-13/h1-5,8-9,13H,6-7H2,(H,19,21)(H,20,22). The summed E-state index contributed by atoms with van der Waals surface area (Å²) >= 11 is 5.68. The van der Waals surface area contributed by atoms with E-state index < -0.39 is 0 Å². The van der Waals surface area contributed by atoms with E-state index in [4.69, 9.17) is 11.6 Å². The molecule has 2 N–H and O–H groups in total. The first-order valence-electron chi connectivity index (χ1n) is 6.95. The number of carbonyl (C=O) groups is 2. The van der Waals surface area contributed by atoms with Crippen LogP contribution in [0.25, 0.3) is 0 Å². The molecule has 0 saturated heterocycles. The Balaban J connectivity index is 1.63. The number of amides is 2. The van der Waals surface area contributed by atoms with Gasteiger partial charge in [0, 0.05) is 23.5 Å². The first kappa shape index (κ1) is 14.5. The van der Waals surface area contributed by atoms with Gasteiger partial charge in [0.25, 0.3) is 11.8 Å². The number of nitrogens with zero attached hydrogens (tertiary/aromatic N) is 1. The van der Waals surface area contributed by atoms with Gasteiger partial charge in [-0.2, -0.15) is 0 Å². The Labute approximate surface area is 132 Å². The van der Waals surface area contributed by atoms with E-state index >= 15 is 0 Å². The predicted octanol–water partition coefficient (Wildman–Crippen LogP) is 2.88. The van der Waals surface area contributed by atoms with Crippen LogP contribution in [0.3, 0.4) is 0 Å². The molecule has 6 heteroatoms. The average Bonchev–Trinajstić information content (AvgIpc) is 3.32. The van der Waals surface area contributed by atoms with Crippen LogP contribution in [0.15, 0.2) is 42.6 Å². The van der Waals surface area contributed by atoms with Crippen LogP contribution in [0.2, 0.25) is 5.15 Å². The molecule has 1 fully saturated rings. The van der Waals surface area contributed by atoms with E-state index in [-0.39, 0.29) is 11.8 Å². The summed E-state index contributed by atoms with van der Waals surface area (Å²) in [6.45, 7) is 0. The molecule has 112 valence electrons. The minimum Gasteiger partial charge on any atom is -0.349 e. The number of benzene rings is 1. The third-order valence-corrected chi connectivity index (χ3v) is 3.53. The Morgan fingerprint density at radius 2 is 1.68 bits per heavy atom. The van der Waals surface area contributed by atoms with Gasteiger partial charge >= 0.3 is 0 Å². The quantitative estimate of drug-likeness (QED) is 0.852. The van der Waals surface area contributed by atoms with Gasteiger partial charge in [0.1, 0.15) is 5.15 Å². The zero-order chi connectivity index (χ0) is 15.5. The topological polar surface area (TPSA) is 71.1 Å². The monoisotopic (exact) mass is 315 g/mol. The molecule has 0 bridgehead atoms. The first-order chi connectivity index (χ1) is 10.6. The highest BCUT2D eigenvalue weighted by molar-refractivity contribution is 6.29. The normalized spacial score (nSPS) is 13.5. The van der Waals surface area contributed by atoms with Crippen molar-refractivity contribution in [1.82, 2.24) is 10.3 Å². The Bertz CT molecular complexity index is 694. The molecular formula is C16H14ClN3O2. The lowest BCUT2D eigenvalue weighted by atomic mass is 10.2. The molecule has 0 radical (unpaired) electrons. The lowest BCUT2D eigenvalue weighted by Gasteiger charge is -2.07. The number of rotatable bonds is 4. The van der Waals surface area contributed by atoms with Crippen LogP contribution in [0.4, 0.5) is 5.69 Å². The number of carbonyl (C=O) groups excluding carboxylic acids is 2. The molecule has 0 atom stereocenters. The summed E-state index contributed by atoms with van der Waals surface area (Å²) in [5.41, 5.74) is 1.61. The van der Waals surface area contributed by atoms with Crippen molar-refractivity contribution in [3.05, 3.63) is 58.9 Å². The van der Waals surface area contributed by atoms with Crippen LogP contribution < -0.4 is 10.6 Å². The number of halogens is 1. The Hall–Kier alpha value is -2.40. The van der Waals surface area contributed by atoms with Crippen molar-refractivity contribution in [3.63, 3.8) is 0 Å². The number of nitrogens with one attached hydrogen (secondary N) is 2. The van der Waals surface area contributed by atoms with Crippen LogP contribution >= 0.6 is 11.6 Å². The Morgan fingerprint density at radius 3 is 2.27 bits per heavy atom. The van der Waals surface area contributed by atoms with Gasteiger partial charge in [-0.15, -0.1) is 0 Å². The fraction of sp³-hybridized carbons (Fsp3) is 0.188. The summed E-state index contributed by atoms with van der Waals surface area (Å²) < 4.78 is 0. The number of pyridine rings is 1. The molecule has 1 heterocycles. The van der Waals surface area contributed by atoms with Crippen molar-refractivity contribution >= 4 is 29.1 Å². The maximum absolute atomic E-state index is 12.0. The lowest BCUT2D eigenvalue weighted by Crippen LogP contribution is -2.25. The van der Waals surface area contributed by atoms with Crippen LogP contribution in [0, 0.1) is 0 Å². The number of anilines is 1. The van der Waals surface area contributed by atoms with Gasteiger partial charge < -0.3 is 10.6 Å². The molecule has 0 aliphatic heterocycles. The zero-order valence-corrected chi connectivity index (χ0v) is 12.4. The molecule has 5 nitrogen and oxygen atoms in total. The third-order valence-electron chi connectivity index (χ3n) is 3.31. The molecule has 22 heavy (non-hydrogen) atoms. The van der Waals surface area contributed by atoms with Gasteiger partial charge in [-0.05, 0) is 49.2 Å². The fourth-order valence-corrected chi connectivity index (χ4v) is 2.03. The fourth-order valence-electron chi connectivity index (χ4n) is 1.91. The highest BCUT2D eigenvalue weighted by atomic mass is 35.5. The summed E-state index contributed by atoms with van der Waals surface area (Å²) in [6, 6.07) is 10.3. The summed E-state index contributed by atoms with van der Waals surface area (Å²) in [5.74, 6) is -0.360. The first-order valence-corrected chi connectivity index (χ1v) is 7.33. The summed E-state index contributed by atoms with van der Waals surface area (Å²) in [6.07, 6.45) is 3.51. The highest BCUT2D eigenvalue weighted by Gasteiger charge is 2.23. The molecule has 1 aliphatic carbocycles. The van der Waals surface area contributed by atoms with Crippen molar-refractivity contribution < 1.29 is 9.59 Å². The Kier molecular flexibility index (Phi) is 4.06. The van der Waals surface area contributed by atoms with E-state index in [0.29, 0.717) is 28.0 Å². The van der Waals surface area contributed by atoms with Crippen LogP contribution in [0.1, 0.15) is 33.6 Å². The molecular weight excluding hydrogens is 302 g/mol. The maximum atomic E-state index is 12.0. The van der Waals surface area contributed by atoms with E-state index in [0.717, 1.165) is 12.8 Å². The van der Waals surface area contributed by atoms with Crippen molar-refractivity contribution in [2.75, 3.05) is 5.32 Å². The second-order valence-corrected chi connectivity index (χ2v) is 5.54. The SMILES string of the molecule is O=C(Nc1ccc(C(=O)NC2CC2)cc1)c1ccc(Cl)nc1. The van der Waals surface area contributed by atoms with Gasteiger partial charge in [0.15, 0.2) is 0 Å². The van der Waals surface area contributed by atoms with Gasteiger partial charge in [-0.25, -0.2) is 4.98 Å². The molecule has 1 aromatic heterocycles. The van der Waals surface area contributed by atoms with E-state index in [2.05, 4.69) is 15.6 Å². The largest absolute Gasteiger partial charge is 0.349 e. The minimum atomic E-state index is -0.278. The summed E-state index contributed by atoms with van der Waals surface area (Å²) in [7, 11) is 0. The predicted molar refractivity (Wildman–Crippen MR) is 84.1 cm³/mol. The van der Waals surface area contributed by atoms with Crippen molar-refractivity contribution in [3.8, 4) is 0 Å². The number of hydrogen-bond acceptors (Lipinski definition) is 3. The second kappa shape index (κ2) is 6.15. The lowest BCUT2D eigenvalue weighted by molar-refractivity contribution is 0.0950. The van der Waals surface area contributed by atoms with Gasteiger partial charge in [-0.3, -0.25) is 9.59 Å². The van der Waals surface area contributed by atoms with Crippen molar-refractivity contribution in [2.45, 2.75) is 18.9 Å². The van der Waals surface area contributed by atoms with Crippen LogP contribution in [-0.2, 0) is 0 Å². The maximum Gasteiger partial charge on any atom is 0.257 e. The highest BCUT2D eigenvalue weighted by Crippen LogP contribution is 2.19. The van der Waals surface area contributed by atoms with Gasteiger partial charge in [0.05, 0.1) is 5.56 Å². The third kappa shape index (κ3) is 3.62. The molecule has 1 saturated carbocycles. The molecule has 0 unspecified atom stereocenters. The van der Waals surface area contributed by atoms with Gasteiger partial charge in [0.2, 0.25) is 0 Å². The molecule has 1 aromatic carbocycles. The molecule has 0 spiro atoms. The zero-order valence-electron chi connectivity index (χ0n) is 11.7. The molecule has 2 aromatic rings. The van der Waals surface area contributed by atoms with E-state index in [9.17, 15) is 9.59 Å². The van der Waals surface area contributed by atoms with E-state index in [1.807, 2.05) is 0 Å². The van der Waals surface area contributed by atoms with Crippen LogP contribution in [0.5, 0.6) is 0 Å². The van der Waals surface area contributed by atoms with Crippen molar-refractivity contribution in [2.24, 2.45) is 0 Å². The number of hydrogen-bond donors (Lipinski definition) is 2. The average molecular weight is 316 g/mol.